The zero-order valence-corrected chi connectivity index (χ0v) is 11.1. The molecule has 0 unspecified atom stereocenters. The first-order chi connectivity index (χ1) is 6.34. The Kier molecular flexibility index (Phi) is 5.41. The Balaban J connectivity index is 0.000000980. The summed E-state index contributed by atoms with van der Waals surface area (Å²) in [5.74, 6) is 0. The van der Waals surface area contributed by atoms with Crippen LogP contribution in [0.5, 0.6) is 0 Å². The second-order valence-corrected chi connectivity index (χ2v) is 5.17. The highest BCUT2D eigenvalue weighted by Gasteiger charge is 2.10. The minimum Gasteiger partial charge on any atom is -0.314 e. The highest BCUT2D eigenvalue weighted by Crippen LogP contribution is 2.21. The van der Waals surface area contributed by atoms with E-state index in [9.17, 15) is 0 Å². The Morgan fingerprint density at radius 1 is 1.43 bits per heavy atom. The molecule has 0 amide bonds. The summed E-state index contributed by atoms with van der Waals surface area (Å²) < 4.78 is 1.21. The number of hydrogen-bond acceptors (Lipinski definition) is 3. The molecule has 1 fully saturated rings. The van der Waals surface area contributed by atoms with Crippen LogP contribution in [0.1, 0.15) is 4.88 Å². The van der Waals surface area contributed by atoms with Crippen molar-refractivity contribution in [1.82, 2.24) is 10.2 Å². The van der Waals surface area contributed by atoms with Gasteiger partial charge in [0.1, 0.15) is 0 Å². The molecule has 1 aromatic heterocycles. The maximum atomic E-state index is 3.48. The molecule has 5 heteroatoms. The van der Waals surface area contributed by atoms with Gasteiger partial charge in [-0.3, -0.25) is 4.90 Å². The van der Waals surface area contributed by atoms with E-state index in [1.54, 1.807) is 0 Å². The van der Waals surface area contributed by atoms with Crippen molar-refractivity contribution in [3.05, 3.63) is 20.8 Å². The van der Waals surface area contributed by atoms with Crippen molar-refractivity contribution in [2.24, 2.45) is 0 Å². The van der Waals surface area contributed by atoms with Crippen molar-refractivity contribution >= 4 is 39.7 Å². The van der Waals surface area contributed by atoms with Crippen molar-refractivity contribution < 1.29 is 0 Å². The van der Waals surface area contributed by atoms with Crippen LogP contribution in [0.2, 0.25) is 0 Å². The number of hydrogen-bond donors (Lipinski definition) is 1. The Morgan fingerprint density at radius 3 is 2.71 bits per heavy atom. The van der Waals surface area contributed by atoms with Crippen LogP contribution in [-0.2, 0) is 6.54 Å². The monoisotopic (exact) mass is 296 g/mol. The van der Waals surface area contributed by atoms with E-state index in [1.807, 2.05) is 11.3 Å². The summed E-state index contributed by atoms with van der Waals surface area (Å²) >= 11 is 5.31. The van der Waals surface area contributed by atoms with Crippen molar-refractivity contribution in [2.45, 2.75) is 6.54 Å². The van der Waals surface area contributed by atoms with Crippen molar-refractivity contribution in [3.8, 4) is 0 Å². The summed E-state index contributed by atoms with van der Waals surface area (Å²) in [5, 5.41) is 5.51. The summed E-state index contributed by atoms with van der Waals surface area (Å²) in [5.41, 5.74) is 0. The lowest BCUT2D eigenvalue weighted by Crippen LogP contribution is -2.42. The third-order valence-corrected chi connectivity index (χ3v) is 3.89. The summed E-state index contributed by atoms with van der Waals surface area (Å²) in [6.07, 6.45) is 0. The molecule has 0 spiro atoms. The fraction of sp³-hybridized carbons (Fsp3) is 0.556. The van der Waals surface area contributed by atoms with Gasteiger partial charge in [0.15, 0.2) is 0 Å². The number of nitrogens with one attached hydrogen (secondary N) is 1. The van der Waals surface area contributed by atoms with Crippen molar-refractivity contribution in [2.75, 3.05) is 26.2 Å². The topological polar surface area (TPSA) is 15.3 Å². The van der Waals surface area contributed by atoms with Crippen molar-refractivity contribution in [3.63, 3.8) is 0 Å². The summed E-state index contributed by atoms with van der Waals surface area (Å²) in [4.78, 5) is 3.95. The summed E-state index contributed by atoms with van der Waals surface area (Å²) in [6.45, 7) is 5.72. The first-order valence-electron chi connectivity index (χ1n) is 4.50. The molecule has 1 aliphatic rings. The van der Waals surface area contributed by atoms with Crippen LogP contribution >= 0.6 is 39.7 Å². The van der Waals surface area contributed by atoms with E-state index in [2.05, 4.69) is 37.6 Å². The number of piperazine rings is 1. The van der Waals surface area contributed by atoms with Crippen LogP contribution in [-0.4, -0.2) is 31.1 Å². The van der Waals surface area contributed by atoms with E-state index in [4.69, 9.17) is 0 Å². The van der Waals surface area contributed by atoms with Gasteiger partial charge in [-0.25, -0.2) is 0 Å². The maximum Gasteiger partial charge on any atom is 0.0329 e. The van der Waals surface area contributed by atoms with Crippen molar-refractivity contribution in [1.29, 1.82) is 0 Å². The number of thiophene rings is 1. The second-order valence-electron chi connectivity index (χ2n) is 3.26. The van der Waals surface area contributed by atoms with E-state index in [0.717, 1.165) is 19.6 Å². The predicted molar refractivity (Wildman–Crippen MR) is 67.4 cm³/mol. The molecule has 0 atom stereocenters. The van der Waals surface area contributed by atoms with Gasteiger partial charge in [0.2, 0.25) is 0 Å². The molecule has 0 aromatic carbocycles. The minimum atomic E-state index is 0. The van der Waals surface area contributed by atoms with E-state index in [1.165, 1.54) is 22.4 Å². The molecule has 0 radical (unpaired) electrons. The smallest absolute Gasteiger partial charge is 0.0329 e. The Labute approximate surface area is 103 Å². The van der Waals surface area contributed by atoms with Gasteiger partial charge in [0.25, 0.3) is 0 Å². The molecule has 80 valence electrons. The van der Waals surface area contributed by atoms with E-state index < -0.39 is 0 Å². The van der Waals surface area contributed by atoms with Crippen LogP contribution in [0.25, 0.3) is 0 Å². The zero-order chi connectivity index (χ0) is 9.10. The molecular weight excluding hydrogens is 284 g/mol. The van der Waals surface area contributed by atoms with Crippen LogP contribution in [0.15, 0.2) is 15.9 Å². The third kappa shape index (κ3) is 3.51. The lowest BCUT2D eigenvalue weighted by molar-refractivity contribution is 0.235. The molecule has 0 saturated carbocycles. The largest absolute Gasteiger partial charge is 0.314 e. The quantitative estimate of drug-likeness (QED) is 0.901. The average Bonchev–Trinajstić information content (AvgIpc) is 2.53. The normalized spacial score (nSPS) is 17.8. The number of rotatable bonds is 2. The predicted octanol–water partition coefficient (Wildman–Crippen LogP) is 2.34. The highest BCUT2D eigenvalue weighted by molar-refractivity contribution is 9.10. The fourth-order valence-corrected chi connectivity index (χ4v) is 3.02. The van der Waals surface area contributed by atoms with Gasteiger partial charge in [-0.1, -0.05) is 0 Å². The number of halogens is 2. The third-order valence-electron chi connectivity index (χ3n) is 2.21. The fourth-order valence-electron chi connectivity index (χ4n) is 1.53. The standard InChI is InChI=1S/C9H13BrN2S.ClH/c10-8-5-9(13-7-8)6-12-3-1-11-2-4-12;/h5,7,11H,1-4,6H2;1H. The van der Waals surface area contributed by atoms with Gasteiger partial charge < -0.3 is 5.32 Å². The van der Waals surface area contributed by atoms with E-state index in [-0.39, 0.29) is 12.4 Å². The van der Waals surface area contributed by atoms with E-state index >= 15 is 0 Å². The van der Waals surface area contributed by atoms with Gasteiger partial charge in [-0.05, 0) is 22.0 Å². The molecule has 1 aromatic rings. The Bertz CT molecular complexity index is 274. The molecule has 2 nitrogen and oxygen atoms in total. The minimum absolute atomic E-state index is 0. The molecular formula is C9H14BrClN2S. The van der Waals surface area contributed by atoms with Crippen LogP contribution in [0.4, 0.5) is 0 Å². The average molecular weight is 298 g/mol. The zero-order valence-electron chi connectivity index (χ0n) is 7.83. The first kappa shape index (κ1) is 12.5. The first-order valence-corrected chi connectivity index (χ1v) is 6.18. The molecule has 0 bridgehead atoms. The van der Waals surface area contributed by atoms with Gasteiger partial charge in [-0.15, -0.1) is 23.7 Å². The van der Waals surface area contributed by atoms with Crippen LogP contribution in [0.3, 0.4) is 0 Å². The molecule has 1 aliphatic heterocycles. The second kappa shape index (κ2) is 6.08. The maximum absolute atomic E-state index is 3.48. The van der Waals surface area contributed by atoms with Gasteiger partial charge in [0, 0.05) is 47.5 Å². The molecule has 1 saturated heterocycles. The molecule has 14 heavy (non-hydrogen) atoms. The lowest BCUT2D eigenvalue weighted by atomic mass is 10.3. The molecule has 2 rings (SSSR count). The van der Waals surface area contributed by atoms with E-state index in [0.29, 0.717) is 0 Å². The highest BCUT2D eigenvalue weighted by atomic mass is 79.9. The van der Waals surface area contributed by atoms with Gasteiger partial charge in [0.05, 0.1) is 0 Å². The van der Waals surface area contributed by atoms with Crippen LogP contribution in [0, 0.1) is 0 Å². The summed E-state index contributed by atoms with van der Waals surface area (Å²) in [6, 6.07) is 2.21. The Morgan fingerprint density at radius 2 is 2.14 bits per heavy atom. The lowest BCUT2D eigenvalue weighted by Gasteiger charge is -2.26. The molecule has 2 heterocycles. The molecule has 1 N–H and O–H groups in total. The summed E-state index contributed by atoms with van der Waals surface area (Å²) in [7, 11) is 0. The molecule has 0 aliphatic carbocycles. The SMILES string of the molecule is Brc1csc(CN2CCNCC2)c1.Cl. The van der Waals surface area contributed by atoms with Gasteiger partial charge in [-0.2, -0.15) is 0 Å². The van der Waals surface area contributed by atoms with Gasteiger partial charge >= 0.3 is 0 Å². The Hall–Kier alpha value is 0.390. The van der Waals surface area contributed by atoms with Crippen LogP contribution < -0.4 is 5.32 Å². The number of nitrogens with zero attached hydrogens (tertiary/aromatic N) is 1.